The molecule has 2 aromatic carbocycles. The van der Waals surface area contributed by atoms with Crippen LogP contribution in [-0.2, 0) is 0 Å². The number of rotatable bonds is 2. The molecule has 0 heterocycles. The fourth-order valence-electron chi connectivity index (χ4n) is 1.66. The van der Waals surface area contributed by atoms with E-state index in [1.54, 1.807) is 6.08 Å². The molecule has 0 aliphatic heterocycles. The Hall–Kier alpha value is -1.31. The van der Waals surface area contributed by atoms with Crippen molar-refractivity contribution >= 4 is 39.7 Å². The molecule has 2 aromatic rings. The van der Waals surface area contributed by atoms with Crippen LogP contribution < -0.4 is 0 Å². The molecule has 0 amide bonds. The predicted molar refractivity (Wildman–Crippen MR) is 95.3 cm³/mol. The zero-order valence-corrected chi connectivity index (χ0v) is 14.1. The van der Waals surface area contributed by atoms with Crippen LogP contribution in [0, 0.1) is 13.8 Å². The lowest BCUT2D eigenvalue weighted by Crippen LogP contribution is -1.78. The number of benzene rings is 2. The van der Waals surface area contributed by atoms with Crippen molar-refractivity contribution in [3.63, 3.8) is 0 Å². The first kappa shape index (κ1) is 16.7. The van der Waals surface area contributed by atoms with Gasteiger partial charge in [0.15, 0.2) is 0 Å². The molecule has 0 spiro atoms. The average Bonchev–Trinajstić information content (AvgIpc) is 2.45. The van der Waals surface area contributed by atoms with Crippen LogP contribution in [0.15, 0.2) is 54.0 Å². The van der Waals surface area contributed by atoms with Crippen molar-refractivity contribution in [2.75, 3.05) is 0 Å². The second-order valence-corrected chi connectivity index (χ2v) is 5.54. The molecule has 0 bridgehead atoms. The van der Waals surface area contributed by atoms with E-state index in [1.807, 2.05) is 43.3 Å². The topological polar surface area (TPSA) is 0 Å². The van der Waals surface area contributed by atoms with E-state index in [0.717, 1.165) is 26.2 Å². The van der Waals surface area contributed by atoms with Gasteiger partial charge in [0.2, 0.25) is 0 Å². The zero-order valence-electron chi connectivity index (χ0n) is 11.8. The van der Waals surface area contributed by atoms with Crippen molar-refractivity contribution in [2.45, 2.75) is 13.8 Å². The van der Waals surface area contributed by atoms with Gasteiger partial charge in [0.1, 0.15) is 0 Å². The molecule has 0 N–H and O–H groups in total. The van der Waals surface area contributed by atoms with Crippen LogP contribution in [0.25, 0.3) is 12.2 Å². The summed E-state index contributed by atoms with van der Waals surface area (Å²) in [4.78, 5) is 0. The smallest absolute Gasteiger partial charge is 0.0507 e. The maximum atomic E-state index is 5.92. The molecule has 0 fully saturated rings. The Morgan fingerprint density at radius 1 is 0.900 bits per heavy atom. The third-order valence-electron chi connectivity index (χ3n) is 2.88. The predicted octanol–water partition coefficient (Wildman–Crippen LogP) is 6.69. The van der Waals surface area contributed by atoms with Crippen molar-refractivity contribution in [2.24, 2.45) is 0 Å². The van der Waals surface area contributed by atoms with Gasteiger partial charge < -0.3 is 0 Å². The molecule has 104 valence electrons. The molecule has 0 saturated heterocycles. The first-order valence-corrected chi connectivity index (χ1v) is 7.43. The fourth-order valence-corrected chi connectivity index (χ4v) is 2.28. The van der Waals surface area contributed by atoms with Gasteiger partial charge in [-0.05, 0) is 52.0 Å². The molecule has 0 aromatic heterocycles. The van der Waals surface area contributed by atoms with Crippen LogP contribution in [0.3, 0.4) is 0 Å². The monoisotopic (exact) mass is 348 g/mol. The van der Waals surface area contributed by atoms with E-state index in [1.165, 1.54) is 5.56 Å². The highest BCUT2D eigenvalue weighted by molar-refractivity contribution is 9.10. The Labute approximate surface area is 134 Å². The van der Waals surface area contributed by atoms with Crippen molar-refractivity contribution in [3.8, 4) is 0 Å². The molecule has 2 rings (SSSR count). The Morgan fingerprint density at radius 2 is 1.40 bits per heavy atom. The number of hydrogen-bond acceptors (Lipinski definition) is 0. The molecule has 0 saturated carbocycles. The van der Waals surface area contributed by atoms with Crippen LogP contribution in [0.5, 0.6) is 0 Å². The van der Waals surface area contributed by atoms with Crippen LogP contribution in [-0.4, -0.2) is 0 Å². The summed E-state index contributed by atoms with van der Waals surface area (Å²) in [5, 5.41) is 0.803. The SMILES string of the molecule is C=Cc1cccc(C)c1Br.C=Cc1cccc(C)c1Cl. The maximum Gasteiger partial charge on any atom is 0.0507 e. The fraction of sp³-hybridized carbons (Fsp3) is 0.111. The summed E-state index contributed by atoms with van der Waals surface area (Å²) in [6, 6.07) is 12.0. The molecular weight excluding hydrogens is 332 g/mol. The minimum Gasteiger partial charge on any atom is -0.0984 e. The maximum absolute atomic E-state index is 5.92. The molecular formula is C18H18BrCl. The van der Waals surface area contributed by atoms with E-state index in [2.05, 4.69) is 42.1 Å². The summed E-state index contributed by atoms with van der Waals surface area (Å²) in [5.74, 6) is 0. The largest absolute Gasteiger partial charge is 0.0984 e. The Balaban J connectivity index is 0.000000200. The van der Waals surface area contributed by atoms with E-state index in [-0.39, 0.29) is 0 Å². The highest BCUT2D eigenvalue weighted by Gasteiger charge is 1.97. The summed E-state index contributed by atoms with van der Waals surface area (Å²) in [5.41, 5.74) is 4.50. The average molecular weight is 350 g/mol. The van der Waals surface area contributed by atoms with Gasteiger partial charge in [-0.1, -0.05) is 73.3 Å². The Bertz CT molecular complexity index is 559. The second-order valence-electron chi connectivity index (χ2n) is 4.36. The second kappa shape index (κ2) is 8.08. The van der Waals surface area contributed by atoms with Gasteiger partial charge >= 0.3 is 0 Å². The van der Waals surface area contributed by atoms with Gasteiger partial charge in [-0.2, -0.15) is 0 Å². The first-order valence-electron chi connectivity index (χ1n) is 6.26. The van der Waals surface area contributed by atoms with Gasteiger partial charge in [0.25, 0.3) is 0 Å². The van der Waals surface area contributed by atoms with E-state index < -0.39 is 0 Å². The molecule has 2 heteroatoms. The Morgan fingerprint density at radius 3 is 1.85 bits per heavy atom. The molecule has 0 aliphatic carbocycles. The third-order valence-corrected chi connectivity index (χ3v) is 4.48. The first-order chi connectivity index (χ1) is 9.51. The zero-order chi connectivity index (χ0) is 15.1. The lowest BCUT2D eigenvalue weighted by atomic mass is 10.1. The molecule has 0 radical (unpaired) electrons. The van der Waals surface area contributed by atoms with Crippen molar-refractivity contribution in [3.05, 3.63) is 81.3 Å². The highest BCUT2D eigenvalue weighted by atomic mass is 79.9. The summed E-state index contributed by atoms with van der Waals surface area (Å²) in [6.45, 7) is 11.4. The molecule has 0 atom stereocenters. The normalized spacial score (nSPS) is 9.40. The van der Waals surface area contributed by atoms with Crippen molar-refractivity contribution < 1.29 is 0 Å². The molecule has 0 nitrogen and oxygen atoms in total. The highest BCUT2D eigenvalue weighted by Crippen LogP contribution is 2.21. The third kappa shape index (κ3) is 4.36. The summed E-state index contributed by atoms with van der Waals surface area (Å²) < 4.78 is 1.14. The van der Waals surface area contributed by atoms with E-state index >= 15 is 0 Å². The minimum atomic E-state index is 0.803. The van der Waals surface area contributed by atoms with Crippen LogP contribution in [0.2, 0.25) is 5.02 Å². The summed E-state index contributed by atoms with van der Waals surface area (Å²) >= 11 is 9.39. The number of aryl methyl sites for hydroxylation is 2. The van der Waals surface area contributed by atoms with Gasteiger partial charge in [0.05, 0.1) is 5.02 Å². The lowest BCUT2D eigenvalue weighted by molar-refractivity contribution is 1.42. The van der Waals surface area contributed by atoms with Crippen LogP contribution in [0.1, 0.15) is 22.3 Å². The molecule has 0 aliphatic rings. The molecule has 0 unspecified atom stereocenters. The van der Waals surface area contributed by atoms with E-state index in [4.69, 9.17) is 11.6 Å². The standard InChI is InChI=1S/C9H9Br.C9H9Cl/c2*1-3-8-6-4-5-7(2)9(8)10/h2*3-6H,1H2,2H3. The Kier molecular flexibility index (Phi) is 6.77. The van der Waals surface area contributed by atoms with Gasteiger partial charge in [-0.25, -0.2) is 0 Å². The summed E-state index contributed by atoms with van der Waals surface area (Å²) in [6.07, 6.45) is 3.60. The van der Waals surface area contributed by atoms with Crippen molar-refractivity contribution in [1.29, 1.82) is 0 Å². The quantitative estimate of drug-likeness (QED) is 0.566. The lowest BCUT2D eigenvalue weighted by Gasteiger charge is -1.99. The van der Waals surface area contributed by atoms with Crippen molar-refractivity contribution in [1.82, 2.24) is 0 Å². The van der Waals surface area contributed by atoms with E-state index in [9.17, 15) is 0 Å². The van der Waals surface area contributed by atoms with Crippen LogP contribution in [0.4, 0.5) is 0 Å². The summed E-state index contributed by atoms with van der Waals surface area (Å²) in [7, 11) is 0. The number of halogens is 2. The van der Waals surface area contributed by atoms with Gasteiger partial charge in [-0.15, -0.1) is 0 Å². The van der Waals surface area contributed by atoms with Crippen LogP contribution >= 0.6 is 27.5 Å². The number of hydrogen-bond donors (Lipinski definition) is 0. The van der Waals surface area contributed by atoms with Gasteiger partial charge in [0, 0.05) is 4.47 Å². The minimum absolute atomic E-state index is 0.803. The molecule has 20 heavy (non-hydrogen) atoms. The van der Waals surface area contributed by atoms with Gasteiger partial charge in [-0.3, -0.25) is 0 Å². The van der Waals surface area contributed by atoms with E-state index in [0.29, 0.717) is 0 Å².